The first-order valence-electron chi connectivity index (χ1n) is 5.43. The topological polar surface area (TPSA) is 72.6 Å². The van der Waals surface area contributed by atoms with Crippen molar-refractivity contribution in [1.29, 1.82) is 0 Å². The molecule has 0 saturated carbocycles. The smallest absolute Gasteiger partial charge is 0.330 e. The van der Waals surface area contributed by atoms with Crippen LogP contribution >= 0.6 is 23.4 Å². The monoisotopic (exact) mass is 278 g/mol. The van der Waals surface area contributed by atoms with Crippen LogP contribution in [-0.2, 0) is 14.3 Å². The van der Waals surface area contributed by atoms with Gasteiger partial charge < -0.3 is 15.4 Å². The molecule has 0 radical (unpaired) electrons. The second-order valence-corrected chi connectivity index (χ2v) is 6.44. The molecule has 5 nitrogen and oxygen atoms in total. The molecule has 2 N–H and O–H groups in total. The van der Waals surface area contributed by atoms with Crippen LogP contribution in [0.3, 0.4) is 0 Å². The molecule has 0 aliphatic carbocycles. The summed E-state index contributed by atoms with van der Waals surface area (Å²) in [7, 11) is 0. The largest absolute Gasteiger partial charge is 0.462 e. The van der Waals surface area contributed by atoms with E-state index in [4.69, 9.17) is 22.1 Å². The van der Waals surface area contributed by atoms with E-state index in [1.54, 1.807) is 18.7 Å². The maximum atomic E-state index is 11.9. The summed E-state index contributed by atoms with van der Waals surface area (Å²) >= 11 is 7.68. The first kappa shape index (κ1) is 13.0. The molecule has 0 aromatic heterocycles. The summed E-state index contributed by atoms with van der Waals surface area (Å²) in [6, 6.07) is -0.456. The van der Waals surface area contributed by atoms with Gasteiger partial charge in [0.05, 0.1) is 12.6 Å². The van der Waals surface area contributed by atoms with E-state index in [0.29, 0.717) is 5.75 Å². The predicted octanol–water partition coefficient (Wildman–Crippen LogP) is 0.158. The van der Waals surface area contributed by atoms with Gasteiger partial charge >= 0.3 is 5.97 Å². The van der Waals surface area contributed by atoms with Gasteiger partial charge in [-0.05, 0) is 13.8 Å². The normalized spacial score (nSPS) is 36.5. The van der Waals surface area contributed by atoms with E-state index in [-0.39, 0.29) is 23.9 Å². The molecule has 2 heterocycles. The Hall–Kier alpha value is -0.460. The Balaban J connectivity index is 2.04. The van der Waals surface area contributed by atoms with Gasteiger partial charge in [0.25, 0.3) is 0 Å². The summed E-state index contributed by atoms with van der Waals surface area (Å²) in [6.45, 7) is 3.72. The summed E-state index contributed by atoms with van der Waals surface area (Å²) < 4.78 is 5.11. The molecule has 3 atom stereocenters. The number of hydrogen-bond donors (Lipinski definition) is 1. The van der Waals surface area contributed by atoms with Crippen molar-refractivity contribution < 1.29 is 14.3 Å². The molecule has 2 fully saturated rings. The number of amides is 1. The lowest BCUT2D eigenvalue weighted by Crippen LogP contribution is -2.72. The highest BCUT2D eigenvalue weighted by atomic mass is 35.5. The van der Waals surface area contributed by atoms with Crippen molar-refractivity contribution in [3.63, 3.8) is 0 Å². The van der Waals surface area contributed by atoms with Crippen LogP contribution in [0, 0.1) is 0 Å². The van der Waals surface area contributed by atoms with Crippen LogP contribution in [0.5, 0.6) is 0 Å². The minimum Gasteiger partial charge on any atom is -0.462 e. The van der Waals surface area contributed by atoms with Crippen LogP contribution in [0.2, 0.25) is 0 Å². The van der Waals surface area contributed by atoms with E-state index >= 15 is 0 Å². The standard InChI is InChI=1S/C10H15ClN2O3S/c1-5(2)16-9(15)10(11)3-13-7(14)6(12)8(13)17-4-10/h5-6,8H,3-4,12H2,1-2H3/t6?,8-,10?/m1/s1. The molecule has 7 heteroatoms. The number of β-lactam (4-membered cyclic amide) rings is 1. The van der Waals surface area contributed by atoms with Crippen LogP contribution in [0.25, 0.3) is 0 Å². The molecule has 2 aliphatic rings. The number of hydrogen-bond acceptors (Lipinski definition) is 5. The molecule has 2 unspecified atom stereocenters. The van der Waals surface area contributed by atoms with Crippen molar-refractivity contribution in [2.24, 2.45) is 5.73 Å². The Morgan fingerprint density at radius 1 is 1.71 bits per heavy atom. The van der Waals surface area contributed by atoms with Crippen molar-refractivity contribution in [1.82, 2.24) is 4.90 Å². The van der Waals surface area contributed by atoms with Crippen LogP contribution in [0.15, 0.2) is 0 Å². The fourth-order valence-corrected chi connectivity index (χ4v) is 3.58. The summed E-state index contributed by atoms with van der Waals surface area (Å²) in [5.74, 6) is -0.194. The van der Waals surface area contributed by atoms with Crippen LogP contribution in [0.4, 0.5) is 0 Å². The van der Waals surface area contributed by atoms with Gasteiger partial charge in [-0.2, -0.15) is 0 Å². The molecule has 2 saturated heterocycles. The van der Waals surface area contributed by atoms with Gasteiger partial charge in [-0.15, -0.1) is 23.4 Å². The van der Waals surface area contributed by atoms with Crippen molar-refractivity contribution >= 4 is 35.2 Å². The third-order valence-corrected chi connectivity index (χ3v) is 4.91. The minimum absolute atomic E-state index is 0.0405. The molecule has 0 bridgehead atoms. The molecule has 2 rings (SSSR count). The minimum atomic E-state index is -1.14. The zero-order chi connectivity index (χ0) is 12.8. The average Bonchev–Trinajstić information content (AvgIpc) is 2.27. The number of fused-ring (bicyclic) bond motifs is 1. The molecule has 0 aromatic rings. The van der Waals surface area contributed by atoms with Crippen molar-refractivity contribution in [3.05, 3.63) is 0 Å². The van der Waals surface area contributed by atoms with Gasteiger partial charge in [0.1, 0.15) is 11.4 Å². The molecule has 1 amide bonds. The molecule has 0 spiro atoms. The lowest BCUT2D eigenvalue weighted by atomic mass is 10.0. The van der Waals surface area contributed by atoms with Gasteiger partial charge in [0.15, 0.2) is 4.87 Å². The van der Waals surface area contributed by atoms with E-state index in [9.17, 15) is 9.59 Å². The van der Waals surface area contributed by atoms with Gasteiger partial charge in [-0.3, -0.25) is 9.59 Å². The molecular formula is C10H15ClN2O3S. The Bertz CT molecular complexity index is 365. The van der Waals surface area contributed by atoms with E-state index in [0.717, 1.165) is 0 Å². The number of esters is 1. The van der Waals surface area contributed by atoms with Crippen molar-refractivity contribution in [2.45, 2.75) is 36.2 Å². The van der Waals surface area contributed by atoms with Crippen molar-refractivity contribution in [2.75, 3.05) is 12.3 Å². The van der Waals surface area contributed by atoms with Crippen molar-refractivity contribution in [3.8, 4) is 0 Å². The summed E-state index contributed by atoms with van der Waals surface area (Å²) in [5, 5.41) is -0.0405. The van der Waals surface area contributed by atoms with Gasteiger partial charge in [0, 0.05) is 5.75 Å². The van der Waals surface area contributed by atoms with E-state index in [1.165, 1.54) is 11.8 Å². The Morgan fingerprint density at radius 2 is 2.35 bits per heavy atom. The summed E-state index contributed by atoms with van der Waals surface area (Å²) in [5.41, 5.74) is 5.65. The Morgan fingerprint density at radius 3 is 2.94 bits per heavy atom. The van der Waals surface area contributed by atoms with E-state index in [2.05, 4.69) is 0 Å². The highest BCUT2D eigenvalue weighted by Crippen LogP contribution is 2.40. The quantitative estimate of drug-likeness (QED) is 0.442. The SMILES string of the molecule is CC(C)OC(=O)C1(Cl)CS[C@@H]2C(N)C(=O)N2C1. The summed E-state index contributed by atoms with van der Waals surface area (Å²) in [4.78, 5) is 23.8. The predicted molar refractivity (Wildman–Crippen MR) is 65.7 cm³/mol. The Kier molecular flexibility index (Phi) is 3.31. The molecule has 96 valence electrons. The highest BCUT2D eigenvalue weighted by molar-refractivity contribution is 8.00. The third kappa shape index (κ3) is 2.13. The number of nitrogens with zero attached hydrogens (tertiary/aromatic N) is 1. The Labute approximate surface area is 109 Å². The lowest BCUT2D eigenvalue weighted by Gasteiger charge is -2.51. The highest BCUT2D eigenvalue weighted by Gasteiger charge is 2.55. The number of nitrogens with two attached hydrogens (primary N) is 1. The first-order chi connectivity index (χ1) is 7.85. The summed E-state index contributed by atoms with van der Waals surface area (Å²) in [6.07, 6.45) is -0.213. The molecule has 0 aromatic carbocycles. The van der Waals surface area contributed by atoms with Crippen LogP contribution < -0.4 is 5.73 Å². The average molecular weight is 279 g/mol. The number of thioether (sulfide) groups is 1. The van der Waals surface area contributed by atoms with E-state index in [1.807, 2.05) is 0 Å². The maximum absolute atomic E-state index is 11.9. The van der Waals surface area contributed by atoms with Gasteiger partial charge in [-0.1, -0.05) is 0 Å². The number of carbonyl (C=O) groups excluding carboxylic acids is 2. The maximum Gasteiger partial charge on any atom is 0.330 e. The zero-order valence-electron chi connectivity index (χ0n) is 9.68. The molecule has 17 heavy (non-hydrogen) atoms. The van der Waals surface area contributed by atoms with E-state index < -0.39 is 16.9 Å². The second kappa shape index (κ2) is 4.33. The van der Waals surface area contributed by atoms with Gasteiger partial charge in [-0.25, -0.2) is 0 Å². The van der Waals surface area contributed by atoms with Crippen LogP contribution in [-0.4, -0.2) is 51.5 Å². The number of halogens is 1. The number of rotatable bonds is 2. The molecule has 2 aliphatic heterocycles. The zero-order valence-corrected chi connectivity index (χ0v) is 11.3. The lowest BCUT2D eigenvalue weighted by molar-refractivity contribution is -0.154. The first-order valence-corrected chi connectivity index (χ1v) is 6.85. The van der Waals surface area contributed by atoms with Crippen LogP contribution in [0.1, 0.15) is 13.8 Å². The molecular weight excluding hydrogens is 264 g/mol. The fourth-order valence-electron chi connectivity index (χ4n) is 1.89. The fraction of sp³-hybridized carbons (Fsp3) is 0.800. The van der Waals surface area contributed by atoms with Gasteiger partial charge in [0.2, 0.25) is 5.91 Å². The second-order valence-electron chi connectivity index (χ2n) is 4.61. The number of ether oxygens (including phenoxy) is 1. The number of carbonyl (C=O) groups is 2. The number of alkyl halides is 1. The third-order valence-electron chi connectivity index (χ3n) is 2.80.